The first-order valence-electron chi connectivity index (χ1n) is 6.54. The summed E-state index contributed by atoms with van der Waals surface area (Å²) in [6.45, 7) is 3.51. The number of benzene rings is 1. The minimum Gasteiger partial charge on any atom is -0.507 e. The largest absolute Gasteiger partial charge is 0.507 e. The van der Waals surface area contributed by atoms with Crippen molar-refractivity contribution in [2.75, 3.05) is 13.2 Å². The predicted molar refractivity (Wildman–Crippen MR) is 69.8 cm³/mol. The van der Waals surface area contributed by atoms with E-state index in [1.165, 1.54) is 6.42 Å². The molecule has 0 spiro atoms. The Morgan fingerprint density at radius 1 is 1.33 bits per heavy atom. The van der Waals surface area contributed by atoms with E-state index in [4.69, 9.17) is 4.74 Å². The Hall–Kier alpha value is -1.26. The van der Waals surface area contributed by atoms with Gasteiger partial charge in [0.15, 0.2) is 0 Å². The van der Waals surface area contributed by atoms with E-state index < -0.39 is 0 Å². The average molecular weight is 251 g/mol. The molecular weight excluding hydrogens is 230 g/mol. The Balaban J connectivity index is 1.92. The van der Waals surface area contributed by atoms with Crippen LogP contribution in [-0.2, 0) is 4.74 Å². The summed E-state index contributed by atoms with van der Waals surface area (Å²) in [5.41, 5.74) is 0.549. The maximum Gasteiger partial charge on any atom is 0.124 e. The summed E-state index contributed by atoms with van der Waals surface area (Å²) in [5.74, 6) is 0.249. The fraction of sp³-hybridized carbons (Fsp3) is 0.571. The van der Waals surface area contributed by atoms with Crippen molar-refractivity contribution in [2.24, 2.45) is 0 Å². The molecule has 0 aliphatic carbocycles. The Bertz CT molecular complexity index is 368. The second-order valence-electron chi connectivity index (χ2n) is 4.83. The van der Waals surface area contributed by atoms with E-state index in [-0.39, 0.29) is 23.6 Å². The molecule has 2 unspecified atom stereocenters. The summed E-state index contributed by atoms with van der Waals surface area (Å²) in [4.78, 5) is 0. The van der Waals surface area contributed by atoms with E-state index in [9.17, 15) is 10.2 Å². The highest BCUT2D eigenvalue weighted by Gasteiger charge is 2.18. The van der Waals surface area contributed by atoms with E-state index in [1.807, 2.05) is 6.92 Å². The molecule has 1 fully saturated rings. The molecule has 4 heteroatoms. The predicted octanol–water partition coefficient (Wildman–Crippen LogP) is 2.32. The van der Waals surface area contributed by atoms with Crippen LogP contribution in [0.1, 0.15) is 37.8 Å². The van der Waals surface area contributed by atoms with Crippen LogP contribution in [0.4, 0.5) is 0 Å². The lowest BCUT2D eigenvalue weighted by Crippen LogP contribution is -2.33. The zero-order valence-corrected chi connectivity index (χ0v) is 10.7. The maximum atomic E-state index is 9.77. The number of nitrogens with one attached hydrogen (secondary N) is 1. The van der Waals surface area contributed by atoms with E-state index in [1.54, 1.807) is 18.2 Å². The van der Waals surface area contributed by atoms with E-state index >= 15 is 0 Å². The summed E-state index contributed by atoms with van der Waals surface area (Å²) in [6.07, 6.45) is 3.68. The van der Waals surface area contributed by atoms with Crippen LogP contribution in [0.15, 0.2) is 18.2 Å². The summed E-state index contributed by atoms with van der Waals surface area (Å²) in [6, 6.07) is 4.71. The van der Waals surface area contributed by atoms with Crippen LogP contribution in [0.5, 0.6) is 11.5 Å². The third-order valence-corrected chi connectivity index (χ3v) is 3.42. The molecule has 0 bridgehead atoms. The number of phenolic OH excluding ortho intramolecular Hbond substituents is 2. The Morgan fingerprint density at radius 3 is 2.67 bits per heavy atom. The highest BCUT2D eigenvalue weighted by atomic mass is 16.5. The van der Waals surface area contributed by atoms with Gasteiger partial charge in [0.2, 0.25) is 0 Å². The molecule has 1 saturated heterocycles. The molecule has 0 radical (unpaired) electrons. The number of ether oxygens (including phenoxy) is 1. The van der Waals surface area contributed by atoms with E-state index in [2.05, 4.69) is 5.32 Å². The van der Waals surface area contributed by atoms with Gasteiger partial charge < -0.3 is 20.3 Å². The molecule has 1 aliphatic rings. The van der Waals surface area contributed by atoms with Gasteiger partial charge in [-0.05, 0) is 38.3 Å². The Labute approximate surface area is 108 Å². The molecular formula is C14H21NO3. The third-order valence-electron chi connectivity index (χ3n) is 3.42. The first-order chi connectivity index (χ1) is 8.68. The zero-order valence-electron chi connectivity index (χ0n) is 10.7. The van der Waals surface area contributed by atoms with Gasteiger partial charge in [-0.2, -0.15) is 0 Å². The van der Waals surface area contributed by atoms with Crippen LogP contribution in [0.3, 0.4) is 0 Å². The molecule has 1 heterocycles. The molecule has 4 nitrogen and oxygen atoms in total. The highest BCUT2D eigenvalue weighted by molar-refractivity contribution is 5.44. The highest BCUT2D eigenvalue weighted by Crippen LogP contribution is 2.32. The standard InChI is InChI=1S/C14H21NO3/c1-10(14-12(16)6-4-7-13(14)17)15-9-11-5-2-3-8-18-11/h4,6-7,10-11,15-17H,2-3,5,8-9H2,1H3. The third kappa shape index (κ3) is 3.15. The first kappa shape index (κ1) is 13.2. The van der Waals surface area contributed by atoms with Gasteiger partial charge in [-0.1, -0.05) is 6.07 Å². The summed E-state index contributed by atoms with van der Waals surface area (Å²) >= 11 is 0. The average Bonchev–Trinajstić information content (AvgIpc) is 2.37. The fourth-order valence-corrected chi connectivity index (χ4v) is 2.36. The summed E-state index contributed by atoms with van der Waals surface area (Å²) in [5, 5.41) is 22.8. The van der Waals surface area contributed by atoms with Crippen LogP contribution in [0.2, 0.25) is 0 Å². The number of hydrogen-bond acceptors (Lipinski definition) is 4. The molecule has 0 amide bonds. The second kappa shape index (κ2) is 6.07. The van der Waals surface area contributed by atoms with Crippen LogP contribution in [0.25, 0.3) is 0 Å². The Morgan fingerprint density at radius 2 is 2.06 bits per heavy atom. The summed E-state index contributed by atoms with van der Waals surface area (Å²) < 4.78 is 5.64. The van der Waals surface area contributed by atoms with Gasteiger partial charge in [0.25, 0.3) is 0 Å². The lowest BCUT2D eigenvalue weighted by atomic mass is 10.0. The van der Waals surface area contributed by atoms with Crippen LogP contribution < -0.4 is 5.32 Å². The SMILES string of the molecule is CC(NCC1CCCCO1)c1c(O)cccc1O. The van der Waals surface area contributed by atoms with Crippen molar-refractivity contribution in [3.63, 3.8) is 0 Å². The van der Waals surface area contributed by atoms with Crippen molar-refractivity contribution in [1.82, 2.24) is 5.32 Å². The van der Waals surface area contributed by atoms with Gasteiger partial charge in [-0.15, -0.1) is 0 Å². The van der Waals surface area contributed by atoms with Gasteiger partial charge in [-0.3, -0.25) is 0 Å². The van der Waals surface area contributed by atoms with Crippen LogP contribution >= 0.6 is 0 Å². The summed E-state index contributed by atoms with van der Waals surface area (Å²) in [7, 11) is 0. The minimum atomic E-state index is -0.100. The zero-order chi connectivity index (χ0) is 13.0. The number of rotatable bonds is 4. The topological polar surface area (TPSA) is 61.7 Å². The van der Waals surface area contributed by atoms with Crippen molar-refractivity contribution in [3.8, 4) is 11.5 Å². The van der Waals surface area contributed by atoms with Crippen molar-refractivity contribution >= 4 is 0 Å². The van der Waals surface area contributed by atoms with Crippen molar-refractivity contribution in [1.29, 1.82) is 0 Å². The Kier molecular flexibility index (Phi) is 4.44. The normalized spacial score (nSPS) is 21.7. The molecule has 100 valence electrons. The fourth-order valence-electron chi connectivity index (χ4n) is 2.36. The monoisotopic (exact) mass is 251 g/mol. The molecule has 2 rings (SSSR count). The molecule has 18 heavy (non-hydrogen) atoms. The molecule has 1 aliphatic heterocycles. The van der Waals surface area contributed by atoms with Gasteiger partial charge in [0.05, 0.1) is 11.7 Å². The van der Waals surface area contributed by atoms with E-state index in [0.717, 1.165) is 26.0 Å². The molecule has 1 aromatic carbocycles. The molecule has 2 atom stereocenters. The van der Waals surface area contributed by atoms with Crippen LogP contribution in [0, 0.1) is 0 Å². The number of phenols is 2. The quantitative estimate of drug-likeness (QED) is 0.768. The number of aromatic hydroxyl groups is 2. The van der Waals surface area contributed by atoms with Crippen LogP contribution in [-0.4, -0.2) is 29.5 Å². The van der Waals surface area contributed by atoms with Gasteiger partial charge in [0.1, 0.15) is 11.5 Å². The van der Waals surface area contributed by atoms with Crippen molar-refractivity contribution < 1.29 is 14.9 Å². The smallest absolute Gasteiger partial charge is 0.124 e. The van der Waals surface area contributed by atoms with E-state index in [0.29, 0.717) is 5.56 Å². The molecule has 1 aromatic rings. The molecule has 0 aromatic heterocycles. The first-order valence-corrected chi connectivity index (χ1v) is 6.54. The molecule has 0 saturated carbocycles. The number of hydrogen-bond donors (Lipinski definition) is 3. The van der Waals surface area contributed by atoms with Gasteiger partial charge in [-0.25, -0.2) is 0 Å². The van der Waals surface area contributed by atoms with Crippen molar-refractivity contribution in [2.45, 2.75) is 38.3 Å². The van der Waals surface area contributed by atoms with Gasteiger partial charge in [0, 0.05) is 19.2 Å². The molecule has 3 N–H and O–H groups in total. The lowest BCUT2D eigenvalue weighted by Gasteiger charge is -2.25. The van der Waals surface area contributed by atoms with Crippen molar-refractivity contribution in [3.05, 3.63) is 23.8 Å². The van der Waals surface area contributed by atoms with Gasteiger partial charge >= 0.3 is 0 Å². The lowest BCUT2D eigenvalue weighted by molar-refractivity contribution is 0.0155. The maximum absolute atomic E-state index is 9.77. The second-order valence-corrected chi connectivity index (χ2v) is 4.83. The minimum absolute atomic E-state index is 0.100.